The highest BCUT2D eigenvalue weighted by atomic mass is 16.5. The van der Waals surface area contributed by atoms with Gasteiger partial charge in [-0.3, -0.25) is 0 Å². The van der Waals surface area contributed by atoms with E-state index in [1.807, 2.05) is 37.4 Å². The molecule has 2 unspecified atom stereocenters. The third-order valence-corrected chi connectivity index (χ3v) is 3.78. The maximum absolute atomic E-state index is 9.37. The average molecular weight is 288 g/mol. The van der Waals surface area contributed by atoms with Crippen LogP contribution in [0.4, 0.5) is 5.82 Å². The summed E-state index contributed by atoms with van der Waals surface area (Å²) in [4.78, 5) is 6.72. The smallest absolute Gasteiger partial charge is 0.136 e. The fourth-order valence-electron chi connectivity index (χ4n) is 2.84. The van der Waals surface area contributed by atoms with Crippen molar-refractivity contribution in [2.24, 2.45) is 0 Å². The fraction of sp³-hybridized carbons (Fsp3) is 0.438. The Hall–Kier alpha value is -1.85. The first-order chi connectivity index (χ1) is 10.2. The van der Waals surface area contributed by atoms with Gasteiger partial charge in [0, 0.05) is 24.7 Å². The van der Waals surface area contributed by atoms with Crippen molar-refractivity contribution in [3.8, 4) is 5.75 Å². The van der Waals surface area contributed by atoms with Crippen LogP contribution in [-0.4, -0.2) is 49.1 Å². The molecule has 0 spiro atoms. The van der Waals surface area contributed by atoms with Crippen molar-refractivity contribution in [3.63, 3.8) is 0 Å². The van der Waals surface area contributed by atoms with E-state index in [0.29, 0.717) is 6.54 Å². The molecule has 0 bridgehead atoms. The molecule has 1 aromatic heterocycles. The molecule has 1 N–H and O–H groups in total. The van der Waals surface area contributed by atoms with Crippen molar-refractivity contribution >= 4 is 16.6 Å². The zero-order valence-electron chi connectivity index (χ0n) is 12.3. The largest absolute Gasteiger partial charge is 0.497 e. The summed E-state index contributed by atoms with van der Waals surface area (Å²) in [5.41, 5.74) is 0. The van der Waals surface area contributed by atoms with Gasteiger partial charge in [0.15, 0.2) is 0 Å². The van der Waals surface area contributed by atoms with Crippen molar-refractivity contribution < 1.29 is 14.6 Å². The first kappa shape index (κ1) is 14.1. The molecule has 0 saturated carbocycles. The van der Waals surface area contributed by atoms with Crippen LogP contribution in [0.3, 0.4) is 0 Å². The van der Waals surface area contributed by atoms with E-state index in [4.69, 9.17) is 9.47 Å². The number of methoxy groups -OCH3 is 1. The molecule has 1 saturated heterocycles. The monoisotopic (exact) mass is 288 g/mol. The Morgan fingerprint density at radius 1 is 1.38 bits per heavy atom. The van der Waals surface area contributed by atoms with Gasteiger partial charge in [-0.25, -0.2) is 4.98 Å². The molecule has 0 aliphatic carbocycles. The number of anilines is 1. The van der Waals surface area contributed by atoms with E-state index in [0.717, 1.165) is 28.9 Å². The number of rotatable bonds is 3. The molecule has 5 nitrogen and oxygen atoms in total. The number of fused-ring (bicyclic) bond motifs is 1. The molecule has 2 heterocycles. The van der Waals surface area contributed by atoms with E-state index in [9.17, 15) is 5.11 Å². The van der Waals surface area contributed by atoms with Gasteiger partial charge in [0.05, 0.1) is 25.9 Å². The van der Waals surface area contributed by atoms with Gasteiger partial charge in [-0.15, -0.1) is 0 Å². The SMILES string of the molecule is COc1ccc2c(N3CC(C)OC(CO)C3)nccc2c1. The Morgan fingerprint density at radius 3 is 3.00 bits per heavy atom. The van der Waals surface area contributed by atoms with E-state index >= 15 is 0 Å². The first-order valence-corrected chi connectivity index (χ1v) is 7.15. The number of aromatic nitrogens is 1. The van der Waals surface area contributed by atoms with Crippen molar-refractivity contribution in [2.75, 3.05) is 31.7 Å². The Kier molecular flexibility index (Phi) is 3.94. The van der Waals surface area contributed by atoms with Gasteiger partial charge in [0.25, 0.3) is 0 Å². The van der Waals surface area contributed by atoms with Gasteiger partial charge in [-0.2, -0.15) is 0 Å². The van der Waals surface area contributed by atoms with Crippen LogP contribution in [0.2, 0.25) is 0 Å². The highest BCUT2D eigenvalue weighted by molar-refractivity contribution is 5.93. The van der Waals surface area contributed by atoms with Crippen molar-refractivity contribution in [3.05, 3.63) is 30.5 Å². The minimum Gasteiger partial charge on any atom is -0.497 e. The summed E-state index contributed by atoms with van der Waals surface area (Å²) in [6.07, 6.45) is 1.72. The number of aliphatic hydroxyl groups is 1. The van der Waals surface area contributed by atoms with Crippen LogP contribution in [0.1, 0.15) is 6.92 Å². The van der Waals surface area contributed by atoms with Crippen molar-refractivity contribution in [1.29, 1.82) is 0 Å². The lowest BCUT2D eigenvalue weighted by molar-refractivity contribution is -0.0422. The van der Waals surface area contributed by atoms with E-state index in [-0.39, 0.29) is 18.8 Å². The maximum Gasteiger partial charge on any atom is 0.136 e. The molecule has 1 aliphatic heterocycles. The lowest BCUT2D eigenvalue weighted by atomic mass is 10.1. The number of pyridine rings is 1. The molecule has 21 heavy (non-hydrogen) atoms. The van der Waals surface area contributed by atoms with Gasteiger partial charge in [-0.05, 0) is 36.6 Å². The molecule has 5 heteroatoms. The van der Waals surface area contributed by atoms with Gasteiger partial charge >= 0.3 is 0 Å². The normalized spacial score (nSPS) is 22.5. The minimum absolute atomic E-state index is 0.0272. The van der Waals surface area contributed by atoms with Gasteiger partial charge in [0.2, 0.25) is 0 Å². The summed E-state index contributed by atoms with van der Waals surface area (Å²) in [6, 6.07) is 7.97. The second kappa shape index (κ2) is 5.87. The molecule has 2 atom stereocenters. The highest BCUT2D eigenvalue weighted by Gasteiger charge is 2.26. The number of hydrogen-bond donors (Lipinski definition) is 1. The number of benzene rings is 1. The van der Waals surface area contributed by atoms with Crippen LogP contribution < -0.4 is 9.64 Å². The topological polar surface area (TPSA) is 54.8 Å². The van der Waals surface area contributed by atoms with Crippen LogP contribution in [0, 0.1) is 0 Å². The number of hydrogen-bond acceptors (Lipinski definition) is 5. The summed E-state index contributed by atoms with van der Waals surface area (Å²) < 4.78 is 11.0. The zero-order chi connectivity index (χ0) is 14.8. The van der Waals surface area contributed by atoms with Crippen LogP contribution in [0.25, 0.3) is 10.8 Å². The van der Waals surface area contributed by atoms with Crippen molar-refractivity contribution in [2.45, 2.75) is 19.1 Å². The molecule has 112 valence electrons. The third-order valence-electron chi connectivity index (χ3n) is 3.78. The van der Waals surface area contributed by atoms with E-state index < -0.39 is 0 Å². The third kappa shape index (κ3) is 2.80. The van der Waals surface area contributed by atoms with E-state index in [2.05, 4.69) is 9.88 Å². The second-order valence-electron chi connectivity index (χ2n) is 5.38. The van der Waals surface area contributed by atoms with Crippen LogP contribution in [0.15, 0.2) is 30.5 Å². The molecular weight excluding hydrogens is 268 g/mol. The summed E-state index contributed by atoms with van der Waals surface area (Å²) in [6.45, 7) is 3.47. The molecule has 0 amide bonds. The Bertz CT molecular complexity index is 632. The maximum atomic E-state index is 9.37. The summed E-state index contributed by atoms with van der Waals surface area (Å²) >= 11 is 0. The number of nitrogens with zero attached hydrogens (tertiary/aromatic N) is 2. The molecule has 3 rings (SSSR count). The summed E-state index contributed by atoms with van der Waals surface area (Å²) in [5.74, 6) is 1.77. The van der Waals surface area contributed by atoms with Gasteiger partial charge < -0.3 is 19.5 Å². The quantitative estimate of drug-likeness (QED) is 0.934. The highest BCUT2D eigenvalue weighted by Crippen LogP contribution is 2.29. The van der Waals surface area contributed by atoms with E-state index in [1.54, 1.807) is 7.11 Å². The van der Waals surface area contributed by atoms with Gasteiger partial charge in [-0.1, -0.05) is 0 Å². The lowest BCUT2D eigenvalue weighted by Crippen LogP contribution is -2.48. The molecule has 0 radical (unpaired) electrons. The standard InChI is InChI=1S/C16H20N2O3/c1-11-8-18(9-14(10-19)21-11)16-15-4-3-13(20-2)7-12(15)5-6-17-16/h3-7,11,14,19H,8-10H2,1-2H3. The minimum atomic E-state index is -0.163. The van der Waals surface area contributed by atoms with Crippen LogP contribution in [0.5, 0.6) is 5.75 Å². The fourth-order valence-corrected chi connectivity index (χ4v) is 2.84. The molecule has 1 aromatic carbocycles. The Labute approximate surface area is 124 Å². The number of ether oxygens (including phenoxy) is 2. The Morgan fingerprint density at radius 2 is 2.24 bits per heavy atom. The van der Waals surface area contributed by atoms with E-state index in [1.165, 1.54) is 0 Å². The predicted octanol–water partition coefficient (Wildman–Crippen LogP) is 1.83. The second-order valence-corrected chi connectivity index (χ2v) is 5.38. The molecule has 1 aliphatic rings. The van der Waals surface area contributed by atoms with Gasteiger partial charge in [0.1, 0.15) is 11.6 Å². The molecule has 1 fully saturated rings. The van der Waals surface area contributed by atoms with Crippen LogP contribution >= 0.6 is 0 Å². The molecule has 2 aromatic rings. The summed E-state index contributed by atoms with van der Waals surface area (Å²) in [7, 11) is 1.67. The average Bonchev–Trinajstić information content (AvgIpc) is 2.53. The molecular formula is C16H20N2O3. The summed E-state index contributed by atoms with van der Waals surface area (Å²) in [5, 5.41) is 11.5. The van der Waals surface area contributed by atoms with Crippen molar-refractivity contribution in [1.82, 2.24) is 4.98 Å². The Balaban J connectivity index is 1.99. The zero-order valence-corrected chi connectivity index (χ0v) is 12.3. The number of morpholine rings is 1. The lowest BCUT2D eigenvalue weighted by Gasteiger charge is -2.37. The van der Waals surface area contributed by atoms with Crippen LogP contribution in [-0.2, 0) is 4.74 Å². The number of aliphatic hydroxyl groups excluding tert-OH is 1. The predicted molar refractivity (Wildman–Crippen MR) is 81.9 cm³/mol. The first-order valence-electron chi connectivity index (χ1n) is 7.15.